The van der Waals surface area contributed by atoms with E-state index in [2.05, 4.69) is 10.4 Å². The first-order valence-electron chi connectivity index (χ1n) is 7.39. The minimum Gasteiger partial charge on any atom is -0.343 e. The number of nitrogens with two attached hydrogens (primary N) is 1. The van der Waals surface area contributed by atoms with Gasteiger partial charge in [-0.15, -0.1) is 12.4 Å². The number of aromatic nitrogens is 2. The summed E-state index contributed by atoms with van der Waals surface area (Å²) in [6.07, 6.45) is 7.41. The summed E-state index contributed by atoms with van der Waals surface area (Å²) in [4.78, 5) is 26.4. The van der Waals surface area contributed by atoms with Crippen LogP contribution in [0.4, 0.5) is 5.69 Å². The fourth-order valence-corrected chi connectivity index (χ4v) is 3.15. The summed E-state index contributed by atoms with van der Waals surface area (Å²) in [7, 11) is 1.81. The van der Waals surface area contributed by atoms with Gasteiger partial charge in [0.2, 0.25) is 11.8 Å². The normalized spacial score (nSPS) is 23.5. The number of halogens is 1. The largest absolute Gasteiger partial charge is 0.343 e. The van der Waals surface area contributed by atoms with Gasteiger partial charge < -0.3 is 16.0 Å². The Hall–Kier alpha value is -1.60. The van der Waals surface area contributed by atoms with Gasteiger partial charge in [0.05, 0.1) is 17.4 Å². The number of aryl methyl sites for hydroxylation is 1. The molecule has 1 saturated carbocycles. The van der Waals surface area contributed by atoms with Gasteiger partial charge in [-0.3, -0.25) is 14.3 Å². The maximum absolute atomic E-state index is 12.4. The Balaban J connectivity index is 0.00000176. The Morgan fingerprint density at radius 2 is 2.14 bits per heavy atom. The second-order valence-corrected chi connectivity index (χ2v) is 6.04. The SMILES string of the molecule is Cl.Cn1cc(N2CCC(NC(=O)C3(N)CCCC3)C2=O)cn1. The molecule has 0 aromatic carbocycles. The summed E-state index contributed by atoms with van der Waals surface area (Å²) in [6.45, 7) is 0.590. The monoisotopic (exact) mass is 327 g/mol. The van der Waals surface area contributed by atoms with Gasteiger partial charge in [-0.05, 0) is 19.3 Å². The molecule has 0 spiro atoms. The van der Waals surface area contributed by atoms with Gasteiger partial charge in [-0.25, -0.2) is 0 Å². The molecule has 2 fully saturated rings. The Bertz CT molecular complexity index is 567. The van der Waals surface area contributed by atoms with Crippen molar-refractivity contribution in [3.8, 4) is 0 Å². The molecule has 3 N–H and O–H groups in total. The predicted octanol–water partition coefficient (Wildman–Crippen LogP) is 0.335. The Labute approximate surface area is 135 Å². The van der Waals surface area contributed by atoms with Crippen LogP contribution in [0.3, 0.4) is 0 Å². The lowest BCUT2D eigenvalue weighted by atomic mass is 9.97. The van der Waals surface area contributed by atoms with Gasteiger partial charge in [0, 0.05) is 19.8 Å². The quantitative estimate of drug-likeness (QED) is 0.837. The molecule has 1 aromatic rings. The molecule has 8 heteroatoms. The minimum absolute atomic E-state index is 0. The van der Waals surface area contributed by atoms with Crippen LogP contribution in [0, 0.1) is 0 Å². The molecule has 0 bridgehead atoms. The standard InChI is InChI=1S/C14H21N5O2.ClH/c1-18-9-10(8-16-18)19-7-4-11(12(19)20)17-13(21)14(15)5-2-3-6-14;/h8-9,11H,2-7,15H2,1H3,(H,17,21);1H. The van der Waals surface area contributed by atoms with Gasteiger partial charge in [0.25, 0.3) is 0 Å². The Morgan fingerprint density at radius 1 is 1.45 bits per heavy atom. The number of hydrogen-bond acceptors (Lipinski definition) is 4. The highest BCUT2D eigenvalue weighted by Crippen LogP contribution is 2.28. The van der Waals surface area contributed by atoms with E-state index in [4.69, 9.17) is 5.73 Å². The maximum atomic E-state index is 12.4. The molecule has 2 heterocycles. The number of carbonyl (C=O) groups is 2. The van der Waals surface area contributed by atoms with Crippen molar-refractivity contribution >= 4 is 29.9 Å². The molecule has 1 aromatic heterocycles. The molecule has 122 valence electrons. The first-order chi connectivity index (χ1) is 9.99. The van der Waals surface area contributed by atoms with E-state index in [1.165, 1.54) is 0 Å². The predicted molar refractivity (Wildman–Crippen MR) is 84.7 cm³/mol. The van der Waals surface area contributed by atoms with Crippen molar-refractivity contribution in [2.75, 3.05) is 11.4 Å². The van der Waals surface area contributed by atoms with Gasteiger partial charge >= 0.3 is 0 Å². The zero-order valence-electron chi connectivity index (χ0n) is 12.6. The molecule has 1 saturated heterocycles. The maximum Gasteiger partial charge on any atom is 0.249 e. The third-order valence-electron chi connectivity index (χ3n) is 4.46. The molecule has 1 atom stereocenters. The number of anilines is 1. The fourth-order valence-electron chi connectivity index (χ4n) is 3.15. The molecule has 1 unspecified atom stereocenters. The van der Waals surface area contributed by atoms with E-state index in [-0.39, 0.29) is 24.2 Å². The van der Waals surface area contributed by atoms with Crippen molar-refractivity contribution in [1.29, 1.82) is 0 Å². The fraction of sp³-hybridized carbons (Fsp3) is 0.643. The van der Waals surface area contributed by atoms with E-state index in [1.807, 2.05) is 7.05 Å². The lowest BCUT2D eigenvalue weighted by molar-refractivity contribution is -0.130. The topological polar surface area (TPSA) is 93.2 Å². The smallest absolute Gasteiger partial charge is 0.249 e. The molecular weight excluding hydrogens is 306 g/mol. The van der Waals surface area contributed by atoms with Crippen molar-refractivity contribution in [3.63, 3.8) is 0 Å². The summed E-state index contributed by atoms with van der Waals surface area (Å²) in [5.41, 5.74) is 6.10. The first-order valence-corrected chi connectivity index (χ1v) is 7.39. The third-order valence-corrected chi connectivity index (χ3v) is 4.46. The highest BCUT2D eigenvalue weighted by molar-refractivity contribution is 6.02. The van der Waals surface area contributed by atoms with E-state index in [1.54, 1.807) is 22.0 Å². The van der Waals surface area contributed by atoms with Gasteiger partial charge in [0.15, 0.2) is 0 Å². The summed E-state index contributed by atoms with van der Waals surface area (Å²) >= 11 is 0. The molecule has 2 aliphatic rings. The minimum atomic E-state index is -0.790. The molecule has 2 amide bonds. The molecule has 3 rings (SSSR count). The van der Waals surface area contributed by atoms with E-state index in [0.29, 0.717) is 25.8 Å². The summed E-state index contributed by atoms with van der Waals surface area (Å²) in [6, 6.07) is -0.473. The van der Waals surface area contributed by atoms with Crippen molar-refractivity contribution in [2.24, 2.45) is 12.8 Å². The second kappa shape index (κ2) is 6.26. The number of carbonyl (C=O) groups excluding carboxylic acids is 2. The summed E-state index contributed by atoms with van der Waals surface area (Å²) in [5.74, 6) is -0.274. The Morgan fingerprint density at radius 3 is 2.73 bits per heavy atom. The van der Waals surface area contributed by atoms with Crippen LogP contribution < -0.4 is 16.0 Å². The number of hydrogen-bond donors (Lipinski definition) is 2. The molecule has 0 radical (unpaired) electrons. The van der Waals surface area contributed by atoms with Crippen LogP contribution in [0.2, 0.25) is 0 Å². The Kier molecular flexibility index (Phi) is 4.77. The van der Waals surface area contributed by atoms with Crippen molar-refractivity contribution < 1.29 is 9.59 Å². The molecule has 1 aliphatic carbocycles. The number of amides is 2. The summed E-state index contributed by atoms with van der Waals surface area (Å²) < 4.78 is 1.65. The van der Waals surface area contributed by atoms with Crippen molar-refractivity contribution in [1.82, 2.24) is 15.1 Å². The molecule has 7 nitrogen and oxygen atoms in total. The van der Waals surface area contributed by atoms with Gasteiger partial charge in [-0.1, -0.05) is 12.8 Å². The second-order valence-electron chi connectivity index (χ2n) is 6.04. The van der Waals surface area contributed by atoms with Crippen LogP contribution >= 0.6 is 12.4 Å². The van der Waals surface area contributed by atoms with Gasteiger partial charge in [-0.2, -0.15) is 5.10 Å². The average Bonchev–Trinajstić information content (AvgIpc) is 3.14. The van der Waals surface area contributed by atoms with Crippen LogP contribution in [0.15, 0.2) is 12.4 Å². The molecule has 22 heavy (non-hydrogen) atoms. The lowest BCUT2D eigenvalue weighted by Crippen LogP contribution is -2.55. The number of rotatable bonds is 3. The van der Waals surface area contributed by atoms with Crippen molar-refractivity contribution in [3.05, 3.63) is 12.4 Å². The van der Waals surface area contributed by atoms with Crippen LogP contribution in [-0.4, -0.2) is 39.7 Å². The number of nitrogens with one attached hydrogen (secondary N) is 1. The van der Waals surface area contributed by atoms with E-state index in [9.17, 15) is 9.59 Å². The molecule has 1 aliphatic heterocycles. The van der Waals surface area contributed by atoms with Crippen LogP contribution in [0.5, 0.6) is 0 Å². The van der Waals surface area contributed by atoms with Crippen LogP contribution in [0.25, 0.3) is 0 Å². The van der Waals surface area contributed by atoms with Crippen molar-refractivity contribution in [2.45, 2.75) is 43.7 Å². The zero-order valence-corrected chi connectivity index (χ0v) is 13.4. The van der Waals surface area contributed by atoms with E-state index < -0.39 is 11.6 Å². The number of nitrogens with zero attached hydrogens (tertiary/aromatic N) is 3. The zero-order chi connectivity index (χ0) is 15.0. The van der Waals surface area contributed by atoms with Crippen LogP contribution in [-0.2, 0) is 16.6 Å². The average molecular weight is 328 g/mol. The summed E-state index contributed by atoms with van der Waals surface area (Å²) in [5, 5.41) is 6.91. The highest BCUT2D eigenvalue weighted by Gasteiger charge is 2.41. The first kappa shape index (κ1) is 16.8. The molecular formula is C14H22ClN5O2. The lowest BCUT2D eigenvalue weighted by Gasteiger charge is -2.24. The third kappa shape index (κ3) is 2.96. The van der Waals surface area contributed by atoms with Crippen LogP contribution in [0.1, 0.15) is 32.1 Å². The van der Waals surface area contributed by atoms with E-state index >= 15 is 0 Å². The van der Waals surface area contributed by atoms with E-state index in [0.717, 1.165) is 18.5 Å². The van der Waals surface area contributed by atoms with Gasteiger partial charge in [0.1, 0.15) is 6.04 Å². The highest BCUT2D eigenvalue weighted by atomic mass is 35.5.